The third-order valence-electron chi connectivity index (χ3n) is 5.35. The maximum Gasteiger partial charge on any atom is 0.245 e. The average molecular weight is 361 g/mol. The number of hydrogen-bond acceptors (Lipinski definition) is 4. The summed E-state index contributed by atoms with van der Waals surface area (Å²) < 4.78 is 1.79. The van der Waals surface area contributed by atoms with Gasteiger partial charge in [0.1, 0.15) is 5.82 Å². The normalized spacial score (nSPS) is 22.8. The van der Waals surface area contributed by atoms with E-state index in [2.05, 4.69) is 10.00 Å². The summed E-state index contributed by atoms with van der Waals surface area (Å²) in [7, 11) is 1.89. The summed E-state index contributed by atoms with van der Waals surface area (Å²) in [5.74, 6) is 1.23. The molecule has 0 aliphatic carbocycles. The van der Waals surface area contributed by atoms with Gasteiger partial charge in [0.15, 0.2) is 0 Å². The van der Waals surface area contributed by atoms with Crippen molar-refractivity contribution >= 4 is 17.6 Å². The van der Waals surface area contributed by atoms with Crippen LogP contribution in [-0.2, 0) is 16.6 Å². The molecule has 0 radical (unpaired) electrons. The van der Waals surface area contributed by atoms with Crippen molar-refractivity contribution in [2.75, 3.05) is 37.6 Å². The van der Waals surface area contributed by atoms with Crippen LogP contribution >= 0.6 is 0 Å². The van der Waals surface area contributed by atoms with E-state index in [4.69, 9.17) is 0 Å². The summed E-state index contributed by atoms with van der Waals surface area (Å²) in [6.07, 6.45) is 1.88. The highest BCUT2D eigenvalue weighted by Crippen LogP contribution is 2.26. The number of nitrogens with zero attached hydrogens (tertiary/aromatic N) is 5. The summed E-state index contributed by atoms with van der Waals surface area (Å²) in [6, 6.07) is 1.88. The van der Waals surface area contributed by atoms with Gasteiger partial charge in [-0.05, 0) is 19.8 Å². The zero-order valence-corrected chi connectivity index (χ0v) is 16.7. The molecule has 0 aromatic carbocycles. The van der Waals surface area contributed by atoms with Crippen molar-refractivity contribution in [1.82, 2.24) is 19.6 Å². The zero-order chi connectivity index (χ0) is 19.1. The van der Waals surface area contributed by atoms with E-state index in [1.165, 1.54) is 0 Å². The molecule has 3 rings (SSSR count). The monoisotopic (exact) mass is 361 g/mol. The molecule has 3 heterocycles. The smallest absolute Gasteiger partial charge is 0.245 e. The Morgan fingerprint density at radius 3 is 2.35 bits per heavy atom. The van der Waals surface area contributed by atoms with E-state index in [0.717, 1.165) is 44.0 Å². The fourth-order valence-electron chi connectivity index (χ4n) is 3.98. The topological polar surface area (TPSA) is 61.7 Å². The highest BCUT2D eigenvalue weighted by Gasteiger charge is 2.38. The zero-order valence-electron chi connectivity index (χ0n) is 16.7. The van der Waals surface area contributed by atoms with Crippen LogP contribution in [0.5, 0.6) is 0 Å². The molecule has 1 aromatic rings. The van der Waals surface area contributed by atoms with Gasteiger partial charge >= 0.3 is 0 Å². The van der Waals surface area contributed by atoms with Gasteiger partial charge in [0.05, 0.1) is 11.7 Å². The molecule has 0 bridgehead atoms. The fourth-order valence-corrected chi connectivity index (χ4v) is 3.98. The number of amides is 2. The number of rotatable bonds is 2. The number of anilines is 1. The van der Waals surface area contributed by atoms with Crippen LogP contribution in [0.3, 0.4) is 0 Å². The molecule has 144 valence electrons. The molecule has 0 unspecified atom stereocenters. The van der Waals surface area contributed by atoms with Crippen LogP contribution < -0.4 is 4.90 Å². The summed E-state index contributed by atoms with van der Waals surface area (Å²) >= 11 is 0. The highest BCUT2D eigenvalue weighted by atomic mass is 16.2. The molecular formula is C19H31N5O2. The second-order valence-electron chi connectivity index (χ2n) is 8.49. The lowest BCUT2D eigenvalue weighted by Crippen LogP contribution is -2.59. The molecule has 0 saturated carbocycles. The Hall–Kier alpha value is -1.89. The van der Waals surface area contributed by atoms with E-state index >= 15 is 0 Å². The van der Waals surface area contributed by atoms with Crippen molar-refractivity contribution < 1.29 is 9.59 Å². The average Bonchev–Trinajstić information content (AvgIpc) is 2.92. The fraction of sp³-hybridized carbons (Fsp3) is 0.737. The molecule has 1 aromatic heterocycles. The number of hydrogen-bond donors (Lipinski definition) is 0. The van der Waals surface area contributed by atoms with Crippen LogP contribution in [0.25, 0.3) is 0 Å². The van der Waals surface area contributed by atoms with E-state index < -0.39 is 0 Å². The lowest BCUT2D eigenvalue weighted by molar-refractivity contribution is -0.142. The molecule has 1 atom stereocenters. The van der Waals surface area contributed by atoms with Gasteiger partial charge in [-0.1, -0.05) is 20.8 Å². The van der Waals surface area contributed by atoms with Gasteiger partial charge in [0.2, 0.25) is 11.8 Å². The number of carbonyl (C=O) groups is 2. The summed E-state index contributed by atoms with van der Waals surface area (Å²) in [4.78, 5) is 31.7. The molecule has 2 aliphatic rings. The number of piperazine rings is 1. The first-order valence-corrected chi connectivity index (χ1v) is 9.54. The van der Waals surface area contributed by atoms with E-state index in [-0.39, 0.29) is 23.3 Å². The number of piperidine rings is 1. The Labute approximate surface area is 155 Å². The maximum atomic E-state index is 13.1. The van der Waals surface area contributed by atoms with Crippen LogP contribution in [0, 0.1) is 12.3 Å². The predicted octanol–water partition coefficient (Wildman–Crippen LogP) is 1.41. The van der Waals surface area contributed by atoms with Crippen molar-refractivity contribution in [3.8, 4) is 0 Å². The minimum Gasteiger partial charge on any atom is -0.340 e. The van der Waals surface area contributed by atoms with Gasteiger partial charge in [0, 0.05) is 51.3 Å². The van der Waals surface area contributed by atoms with Crippen LogP contribution in [-0.4, -0.2) is 70.2 Å². The largest absolute Gasteiger partial charge is 0.340 e. The Balaban J connectivity index is 1.66. The van der Waals surface area contributed by atoms with Gasteiger partial charge < -0.3 is 4.90 Å². The van der Waals surface area contributed by atoms with Gasteiger partial charge in [-0.3, -0.25) is 24.1 Å². The number of aryl methyl sites for hydroxylation is 2. The summed E-state index contributed by atoms with van der Waals surface area (Å²) in [5, 5.41) is 4.38. The first-order valence-electron chi connectivity index (χ1n) is 9.54. The molecule has 0 spiro atoms. The third kappa shape index (κ3) is 3.63. The first kappa shape index (κ1) is 18.9. The molecular weight excluding hydrogens is 330 g/mol. The minimum absolute atomic E-state index is 0.0918. The van der Waals surface area contributed by atoms with Crippen LogP contribution in [0.4, 0.5) is 5.82 Å². The van der Waals surface area contributed by atoms with Crippen molar-refractivity contribution in [3.05, 3.63) is 11.8 Å². The highest BCUT2D eigenvalue weighted by molar-refractivity contribution is 5.97. The van der Waals surface area contributed by atoms with Crippen molar-refractivity contribution in [2.45, 2.75) is 46.6 Å². The molecule has 2 fully saturated rings. The molecule has 7 nitrogen and oxygen atoms in total. The maximum absolute atomic E-state index is 13.1. The lowest BCUT2D eigenvalue weighted by atomic mass is 9.94. The van der Waals surface area contributed by atoms with E-state index in [1.54, 1.807) is 4.68 Å². The SMILES string of the molecule is Cc1cc(N2CCC[C@H](N3CCN(C(=O)C(C)(C)C)CC3)C2=O)n(C)n1. The molecule has 2 aliphatic heterocycles. The Morgan fingerprint density at radius 1 is 1.15 bits per heavy atom. The Morgan fingerprint density at radius 2 is 1.81 bits per heavy atom. The number of aromatic nitrogens is 2. The van der Waals surface area contributed by atoms with Crippen molar-refractivity contribution in [2.24, 2.45) is 12.5 Å². The van der Waals surface area contributed by atoms with Gasteiger partial charge in [0.25, 0.3) is 0 Å². The first-order chi connectivity index (χ1) is 12.2. The standard InChI is InChI=1S/C19H31N5O2/c1-14-13-16(21(5)20-14)24-8-6-7-15(17(24)25)22-9-11-23(12-10-22)18(26)19(2,3)4/h13,15H,6-12H2,1-5H3/t15-/m0/s1. The molecule has 2 saturated heterocycles. The Bertz CT molecular complexity index is 683. The molecule has 26 heavy (non-hydrogen) atoms. The van der Waals surface area contributed by atoms with Crippen LogP contribution in [0.1, 0.15) is 39.3 Å². The predicted molar refractivity (Wildman–Crippen MR) is 101 cm³/mol. The quantitative estimate of drug-likeness (QED) is 0.799. The van der Waals surface area contributed by atoms with Gasteiger partial charge in [-0.15, -0.1) is 0 Å². The van der Waals surface area contributed by atoms with Crippen molar-refractivity contribution in [1.29, 1.82) is 0 Å². The second kappa shape index (κ2) is 7.02. The van der Waals surface area contributed by atoms with E-state index in [1.807, 2.05) is 50.6 Å². The molecule has 2 amide bonds. The molecule has 7 heteroatoms. The van der Waals surface area contributed by atoms with Crippen LogP contribution in [0.15, 0.2) is 6.07 Å². The summed E-state index contributed by atoms with van der Waals surface area (Å²) in [5.41, 5.74) is 0.573. The van der Waals surface area contributed by atoms with Crippen LogP contribution in [0.2, 0.25) is 0 Å². The summed E-state index contributed by atoms with van der Waals surface area (Å²) in [6.45, 7) is 11.5. The number of carbonyl (C=O) groups excluding carboxylic acids is 2. The van der Waals surface area contributed by atoms with E-state index in [9.17, 15) is 9.59 Å². The van der Waals surface area contributed by atoms with Crippen molar-refractivity contribution in [3.63, 3.8) is 0 Å². The lowest BCUT2D eigenvalue weighted by Gasteiger charge is -2.43. The van der Waals surface area contributed by atoms with Gasteiger partial charge in [-0.2, -0.15) is 5.10 Å². The van der Waals surface area contributed by atoms with Gasteiger partial charge in [-0.25, -0.2) is 0 Å². The minimum atomic E-state index is -0.350. The Kier molecular flexibility index (Phi) is 5.10. The molecule has 0 N–H and O–H groups in total. The van der Waals surface area contributed by atoms with E-state index in [0.29, 0.717) is 13.1 Å². The second-order valence-corrected chi connectivity index (χ2v) is 8.49. The third-order valence-corrected chi connectivity index (χ3v) is 5.35.